The van der Waals surface area contributed by atoms with Crippen LogP contribution in [0, 0.1) is 0 Å². The number of aliphatic carboxylic acids is 1. The van der Waals surface area contributed by atoms with Crippen molar-refractivity contribution in [2.24, 2.45) is 5.10 Å². The van der Waals surface area contributed by atoms with Gasteiger partial charge in [0.15, 0.2) is 6.61 Å². The Bertz CT molecular complexity index is 1430. The maximum Gasteiger partial charge on any atom is 0.341 e. The predicted octanol–water partition coefficient (Wildman–Crippen LogP) is 4.78. The lowest BCUT2D eigenvalue weighted by molar-refractivity contribution is -0.139. The third-order valence-corrected chi connectivity index (χ3v) is 5.43. The minimum absolute atomic E-state index is 0.0526. The fourth-order valence-electron chi connectivity index (χ4n) is 3.44. The number of rotatable bonds is 6. The summed E-state index contributed by atoms with van der Waals surface area (Å²) < 4.78 is 7.56. The topological polar surface area (TPSA) is 93.8 Å². The monoisotopic (exact) mass is 493 g/mol. The molecule has 0 unspecified atom stereocenters. The van der Waals surface area contributed by atoms with Crippen LogP contribution in [0.3, 0.4) is 0 Å². The average molecular weight is 494 g/mol. The first kappa shape index (κ1) is 21.7. The second kappa shape index (κ2) is 8.92. The molecule has 0 aliphatic carbocycles. The molecule has 8 heteroatoms. The Balaban J connectivity index is 1.91. The minimum atomic E-state index is -1.08. The maximum absolute atomic E-state index is 13.3. The van der Waals surface area contributed by atoms with Gasteiger partial charge in [0.2, 0.25) is 0 Å². The molecule has 1 aromatic heterocycles. The summed E-state index contributed by atoms with van der Waals surface area (Å²) in [6.07, 6.45) is 1.53. The van der Waals surface area contributed by atoms with E-state index in [1.54, 1.807) is 18.2 Å². The summed E-state index contributed by atoms with van der Waals surface area (Å²) in [6.45, 7) is 3.40. The Morgan fingerprint density at radius 1 is 1.19 bits per heavy atom. The molecule has 1 heterocycles. The summed E-state index contributed by atoms with van der Waals surface area (Å²) in [4.78, 5) is 28.9. The molecule has 0 aliphatic heterocycles. The standard InChI is InChI=1S/C24H20BrN3O4/c1-14(2)23-27-20-9-8-16(25)11-18(20)24(31)28(23)26-12-19-17-6-4-3-5-15(17)7-10-21(19)32-13-22(29)30/h3-12,14H,13H2,1-2H3,(H,29,30). The molecule has 0 amide bonds. The fraction of sp³-hybridized carbons (Fsp3) is 0.167. The highest BCUT2D eigenvalue weighted by Gasteiger charge is 2.15. The van der Waals surface area contributed by atoms with E-state index in [2.05, 4.69) is 26.0 Å². The number of ether oxygens (including phenoxy) is 1. The van der Waals surface area contributed by atoms with Gasteiger partial charge < -0.3 is 9.84 Å². The number of aromatic nitrogens is 2. The van der Waals surface area contributed by atoms with Gasteiger partial charge in [-0.25, -0.2) is 9.78 Å². The van der Waals surface area contributed by atoms with E-state index in [1.807, 2.05) is 50.2 Å². The van der Waals surface area contributed by atoms with Crippen LogP contribution in [0.1, 0.15) is 31.2 Å². The SMILES string of the molecule is CC(C)c1nc2ccc(Br)cc2c(=O)n1N=Cc1c(OCC(=O)O)ccc2ccccc12. The number of hydrogen-bond acceptors (Lipinski definition) is 5. The summed E-state index contributed by atoms with van der Waals surface area (Å²) in [5, 5.41) is 15.7. The molecule has 0 saturated heterocycles. The average Bonchev–Trinajstić information content (AvgIpc) is 2.77. The van der Waals surface area contributed by atoms with E-state index in [0.29, 0.717) is 28.0 Å². The van der Waals surface area contributed by atoms with Gasteiger partial charge in [0.25, 0.3) is 5.56 Å². The Labute approximate surface area is 192 Å². The molecule has 4 aromatic rings. The van der Waals surface area contributed by atoms with Crippen LogP contribution in [-0.2, 0) is 4.79 Å². The zero-order chi connectivity index (χ0) is 22.8. The summed E-state index contributed by atoms with van der Waals surface area (Å²) in [7, 11) is 0. The minimum Gasteiger partial charge on any atom is -0.481 e. The lowest BCUT2D eigenvalue weighted by atomic mass is 10.0. The van der Waals surface area contributed by atoms with E-state index in [9.17, 15) is 9.59 Å². The Morgan fingerprint density at radius 2 is 1.97 bits per heavy atom. The third kappa shape index (κ3) is 4.27. The lowest BCUT2D eigenvalue weighted by Crippen LogP contribution is -2.23. The number of halogens is 1. The number of hydrogen-bond donors (Lipinski definition) is 1. The number of fused-ring (bicyclic) bond motifs is 2. The van der Waals surface area contributed by atoms with Gasteiger partial charge in [-0.1, -0.05) is 60.1 Å². The quantitative estimate of drug-likeness (QED) is 0.390. The molecule has 32 heavy (non-hydrogen) atoms. The van der Waals surface area contributed by atoms with Crippen molar-refractivity contribution in [1.29, 1.82) is 0 Å². The first-order valence-electron chi connectivity index (χ1n) is 9.98. The van der Waals surface area contributed by atoms with Crippen LogP contribution in [0.5, 0.6) is 5.75 Å². The van der Waals surface area contributed by atoms with Crippen molar-refractivity contribution in [1.82, 2.24) is 9.66 Å². The van der Waals surface area contributed by atoms with Gasteiger partial charge in [0.05, 0.1) is 17.1 Å². The van der Waals surface area contributed by atoms with E-state index in [-0.39, 0.29) is 11.5 Å². The largest absolute Gasteiger partial charge is 0.481 e. The van der Waals surface area contributed by atoms with Gasteiger partial charge in [-0.3, -0.25) is 4.79 Å². The maximum atomic E-state index is 13.3. The predicted molar refractivity (Wildman–Crippen MR) is 128 cm³/mol. The highest BCUT2D eigenvalue weighted by Crippen LogP contribution is 2.27. The molecular formula is C24H20BrN3O4. The molecule has 3 aromatic carbocycles. The van der Waals surface area contributed by atoms with Gasteiger partial charge in [-0.2, -0.15) is 9.78 Å². The van der Waals surface area contributed by atoms with Gasteiger partial charge >= 0.3 is 5.97 Å². The van der Waals surface area contributed by atoms with Gasteiger partial charge in [0, 0.05) is 16.0 Å². The number of carbonyl (C=O) groups is 1. The summed E-state index contributed by atoms with van der Waals surface area (Å²) in [5.74, 6) is -0.244. The Morgan fingerprint density at radius 3 is 2.72 bits per heavy atom. The highest BCUT2D eigenvalue weighted by molar-refractivity contribution is 9.10. The molecule has 0 bridgehead atoms. The Kier molecular flexibility index (Phi) is 6.05. The van der Waals surface area contributed by atoms with Crippen LogP contribution >= 0.6 is 15.9 Å². The van der Waals surface area contributed by atoms with Crippen LogP contribution in [0.25, 0.3) is 21.7 Å². The van der Waals surface area contributed by atoms with Crippen molar-refractivity contribution in [2.75, 3.05) is 6.61 Å². The van der Waals surface area contributed by atoms with E-state index in [1.165, 1.54) is 10.9 Å². The van der Waals surface area contributed by atoms with Crippen molar-refractivity contribution in [2.45, 2.75) is 19.8 Å². The second-order valence-electron chi connectivity index (χ2n) is 7.53. The van der Waals surface area contributed by atoms with E-state index >= 15 is 0 Å². The number of carboxylic acid groups (broad SMARTS) is 1. The summed E-state index contributed by atoms with van der Waals surface area (Å²) in [6, 6.07) is 16.5. The molecule has 0 radical (unpaired) electrons. The highest BCUT2D eigenvalue weighted by atomic mass is 79.9. The van der Waals surface area contributed by atoms with E-state index in [0.717, 1.165) is 15.2 Å². The van der Waals surface area contributed by atoms with Gasteiger partial charge in [-0.15, -0.1) is 0 Å². The number of nitrogens with zero attached hydrogens (tertiary/aromatic N) is 3. The third-order valence-electron chi connectivity index (χ3n) is 4.93. The first-order chi connectivity index (χ1) is 15.3. The molecular weight excluding hydrogens is 474 g/mol. The van der Waals surface area contributed by atoms with E-state index < -0.39 is 12.6 Å². The zero-order valence-corrected chi connectivity index (χ0v) is 19.0. The molecule has 0 fully saturated rings. The molecule has 7 nitrogen and oxygen atoms in total. The number of benzene rings is 3. The molecule has 0 atom stereocenters. The number of carboxylic acids is 1. The normalized spacial score (nSPS) is 11.6. The van der Waals surface area contributed by atoms with Crippen molar-refractivity contribution >= 4 is 49.8 Å². The van der Waals surface area contributed by atoms with Crippen LogP contribution in [0.4, 0.5) is 0 Å². The zero-order valence-electron chi connectivity index (χ0n) is 17.4. The molecule has 162 valence electrons. The fourth-order valence-corrected chi connectivity index (χ4v) is 3.80. The van der Waals surface area contributed by atoms with E-state index in [4.69, 9.17) is 9.84 Å². The molecule has 0 saturated carbocycles. The molecule has 4 rings (SSSR count). The van der Waals surface area contributed by atoms with Crippen molar-refractivity contribution in [3.63, 3.8) is 0 Å². The summed E-state index contributed by atoms with van der Waals surface area (Å²) in [5.41, 5.74) is 0.897. The first-order valence-corrected chi connectivity index (χ1v) is 10.8. The lowest BCUT2D eigenvalue weighted by Gasteiger charge is -2.13. The molecule has 0 aliphatic rings. The van der Waals surface area contributed by atoms with Crippen LogP contribution in [-0.4, -0.2) is 33.6 Å². The van der Waals surface area contributed by atoms with Gasteiger partial charge in [-0.05, 0) is 35.0 Å². The van der Waals surface area contributed by atoms with Crippen molar-refractivity contribution in [3.05, 3.63) is 80.8 Å². The summed E-state index contributed by atoms with van der Waals surface area (Å²) >= 11 is 3.40. The molecule has 1 N–H and O–H groups in total. The second-order valence-corrected chi connectivity index (χ2v) is 8.44. The van der Waals surface area contributed by atoms with Crippen molar-refractivity contribution < 1.29 is 14.6 Å². The van der Waals surface area contributed by atoms with Crippen LogP contribution in [0.2, 0.25) is 0 Å². The Hall–Kier alpha value is -3.52. The van der Waals surface area contributed by atoms with Crippen LogP contribution in [0.15, 0.2) is 69.0 Å². The van der Waals surface area contributed by atoms with Crippen molar-refractivity contribution in [3.8, 4) is 5.75 Å². The van der Waals surface area contributed by atoms with Crippen LogP contribution < -0.4 is 10.3 Å². The van der Waals surface area contributed by atoms with Gasteiger partial charge in [0.1, 0.15) is 11.6 Å². The smallest absolute Gasteiger partial charge is 0.341 e. The molecule has 0 spiro atoms.